The standard InChI is InChI=1S/C14H28N4O3S.HI/c1-2-3-4-5-8-16-14(15)17-9-6-13(19)18-12-7-10-22(20,21)11-12;/h12H,2-11H2,1H3,(H,18,19)(H3,15,16,17);1H. The third kappa shape index (κ3) is 10.7. The van der Waals surface area contributed by atoms with Crippen LogP contribution in [0.2, 0.25) is 0 Å². The third-order valence-electron chi connectivity index (χ3n) is 3.55. The first-order chi connectivity index (χ1) is 10.4. The summed E-state index contributed by atoms with van der Waals surface area (Å²) >= 11 is 0. The molecule has 1 heterocycles. The second-order valence-electron chi connectivity index (χ2n) is 5.67. The Labute approximate surface area is 156 Å². The van der Waals surface area contributed by atoms with Gasteiger partial charge in [-0.3, -0.25) is 9.79 Å². The minimum atomic E-state index is -2.96. The second-order valence-corrected chi connectivity index (χ2v) is 7.90. The summed E-state index contributed by atoms with van der Waals surface area (Å²) in [4.78, 5) is 15.9. The van der Waals surface area contributed by atoms with E-state index in [1.165, 1.54) is 12.8 Å². The number of amides is 1. The molecule has 0 aromatic carbocycles. The van der Waals surface area contributed by atoms with Gasteiger partial charge in [-0.15, -0.1) is 24.0 Å². The van der Waals surface area contributed by atoms with Crippen LogP contribution in [0.1, 0.15) is 45.4 Å². The van der Waals surface area contributed by atoms with Crippen molar-refractivity contribution in [2.45, 2.75) is 51.5 Å². The van der Waals surface area contributed by atoms with Crippen LogP contribution in [0.15, 0.2) is 4.99 Å². The minimum absolute atomic E-state index is 0. The number of guanidine groups is 1. The molecule has 1 aliphatic rings. The molecule has 1 aliphatic heterocycles. The minimum Gasteiger partial charge on any atom is -0.370 e. The molecule has 1 rings (SSSR count). The first kappa shape index (κ1) is 22.4. The topological polar surface area (TPSA) is 114 Å². The molecule has 0 aromatic rings. The number of aliphatic imine (C=N–C) groups is 1. The number of nitrogens with one attached hydrogen (secondary N) is 2. The van der Waals surface area contributed by atoms with E-state index in [0.717, 1.165) is 12.8 Å². The van der Waals surface area contributed by atoms with Crippen molar-refractivity contribution in [1.29, 1.82) is 0 Å². The van der Waals surface area contributed by atoms with Crippen LogP contribution in [0, 0.1) is 0 Å². The number of nitrogens with zero attached hydrogens (tertiary/aromatic N) is 1. The van der Waals surface area contributed by atoms with Crippen LogP contribution in [-0.2, 0) is 14.6 Å². The van der Waals surface area contributed by atoms with Crippen molar-refractivity contribution in [3.8, 4) is 0 Å². The summed E-state index contributed by atoms with van der Waals surface area (Å²) in [5, 5.41) is 5.63. The van der Waals surface area contributed by atoms with Gasteiger partial charge < -0.3 is 16.4 Å². The number of halogens is 1. The Balaban J connectivity index is 0.00000484. The summed E-state index contributed by atoms with van der Waals surface area (Å²) in [7, 11) is -2.96. The van der Waals surface area contributed by atoms with Crippen LogP contribution in [0.25, 0.3) is 0 Å². The van der Waals surface area contributed by atoms with Gasteiger partial charge in [-0.2, -0.15) is 0 Å². The molecule has 0 aromatic heterocycles. The Kier molecular flexibility index (Phi) is 11.6. The van der Waals surface area contributed by atoms with E-state index in [9.17, 15) is 13.2 Å². The zero-order valence-electron chi connectivity index (χ0n) is 13.7. The van der Waals surface area contributed by atoms with Crippen molar-refractivity contribution in [3.63, 3.8) is 0 Å². The Hall–Kier alpha value is -0.580. The number of carbonyl (C=O) groups is 1. The molecule has 9 heteroatoms. The molecule has 1 saturated heterocycles. The number of hydrogen-bond acceptors (Lipinski definition) is 4. The largest absolute Gasteiger partial charge is 0.370 e. The monoisotopic (exact) mass is 460 g/mol. The molecule has 0 bridgehead atoms. The van der Waals surface area contributed by atoms with E-state index in [4.69, 9.17) is 5.73 Å². The van der Waals surface area contributed by atoms with Crippen molar-refractivity contribution < 1.29 is 13.2 Å². The fraction of sp³-hybridized carbons (Fsp3) is 0.857. The molecule has 1 unspecified atom stereocenters. The van der Waals surface area contributed by atoms with Crippen molar-refractivity contribution in [1.82, 2.24) is 10.6 Å². The predicted molar refractivity (Wildman–Crippen MR) is 104 cm³/mol. The summed E-state index contributed by atoms with van der Waals surface area (Å²) in [5.41, 5.74) is 5.70. The molecular formula is C14H29IN4O3S. The Morgan fingerprint density at radius 3 is 2.65 bits per heavy atom. The number of rotatable bonds is 9. The van der Waals surface area contributed by atoms with Gasteiger partial charge in [0.2, 0.25) is 5.91 Å². The van der Waals surface area contributed by atoms with Gasteiger partial charge in [0.05, 0.1) is 11.5 Å². The van der Waals surface area contributed by atoms with Gasteiger partial charge in [-0.25, -0.2) is 8.42 Å². The summed E-state index contributed by atoms with van der Waals surface area (Å²) in [6, 6.07) is -0.248. The van der Waals surface area contributed by atoms with Gasteiger partial charge in [-0.1, -0.05) is 26.2 Å². The lowest BCUT2D eigenvalue weighted by Crippen LogP contribution is -2.39. The van der Waals surface area contributed by atoms with Crippen LogP contribution in [0.3, 0.4) is 0 Å². The average molecular weight is 460 g/mol. The van der Waals surface area contributed by atoms with E-state index in [0.29, 0.717) is 25.5 Å². The summed E-state index contributed by atoms with van der Waals surface area (Å²) in [6.07, 6.45) is 5.33. The molecule has 0 spiro atoms. The second kappa shape index (κ2) is 11.9. The maximum absolute atomic E-state index is 11.7. The Morgan fingerprint density at radius 2 is 2.04 bits per heavy atom. The van der Waals surface area contributed by atoms with Gasteiger partial charge in [0.15, 0.2) is 15.8 Å². The van der Waals surface area contributed by atoms with E-state index in [1.807, 2.05) is 0 Å². The molecule has 0 saturated carbocycles. The molecule has 1 fully saturated rings. The lowest BCUT2D eigenvalue weighted by atomic mass is 10.2. The molecule has 1 atom stereocenters. The highest BCUT2D eigenvalue weighted by Gasteiger charge is 2.28. The van der Waals surface area contributed by atoms with Gasteiger partial charge in [0, 0.05) is 25.6 Å². The first-order valence-electron chi connectivity index (χ1n) is 7.96. The lowest BCUT2D eigenvalue weighted by Gasteiger charge is -2.11. The molecule has 0 radical (unpaired) electrons. The van der Waals surface area contributed by atoms with Gasteiger partial charge >= 0.3 is 0 Å². The molecular weight excluding hydrogens is 431 g/mol. The van der Waals surface area contributed by atoms with E-state index in [-0.39, 0.29) is 53.9 Å². The van der Waals surface area contributed by atoms with Crippen molar-refractivity contribution in [2.75, 3.05) is 24.6 Å². The van der Waals surface area contributed by atoms with E-state index in [2.05, 4.69) is 22.5 Å². The quantitative estimate of drug-likeness (QED) is 0.204. The number of hydrogen-bond donors (Lipinski definition) is 3. The van der Waals surface area contributed by atoms with Gasteiger partial charge in [-0.05, 0) is 12.8 Å². The maximum atomic E-state index is 11.7. The van der Waals surface area contributed by atoms with Crippen LogP contribution in [0.4, 0.5) is 0 Å². The highest BCUT2D eigenvalue weighted by molar-refractivity contribution is 14.0. The van der Waals surface area contributed by atoms with Gasteiger partial charge in [0.25, 0.3) is 0 Å². The Bertz CT molecular complexity index is 482. The van der Waals surface area contributed by atoms with E-state index >= 15 is 0 Å². The highest BCUT2D eigenvalue weighted by atomic mass is 127. The van der Waals surface area contributed by atoms with Crippen LogP contribution >= 0.6 is 24.0 Å². The number of sulfone groups is 1. The lowest BCUT2D eigenvalue weighted by molar-refractivity contribution is -0.121. The normalized spacial score (nSPS) is 19.9. The SMILES string of the molecule is CCCCCCN=C(N)NCCC(=O)NC1CCS(=O)(=O)C1.I. The fourth-order valence-electron chi connectivity index (χ4n) is 2.31. The zero-order chi connectivity index (χ0) is 16.4. The summed E-state index contributed by atoms with van der Waals surface area (Å²) in [6.45, 7) is 3.26. The summed E-state index contributed by atoms with van der Waals surface area (Å²) < 4.78 is 22.6. The van der Waals surface area contributed by atoms with Crippen LogP contribution < -0.4 is 16.4 Å². The third-order valence-corrected chi connectivity index (χ3v) is 5.32. The van der Waals surface area contributed by atoms with Crippen LogP contribution in [-0.4, -0.2) is 50.9 Å². The molecule has 23 heavy (non-hydrogen) atoms. The zero-order valence-corrected chi connectivity index (χ0v) is 16.9. The maximum Gasteiger partial charge on any atom is 0.222 e. The Morgan fingerprint density at radius 1 is 1.30 bits per heavy atom. The number of nitrogens with two attached hydrogens (primary N) is 1. The smallest absolute Gasteiger partial charge is 0.222 e. The number of carbonyl (C=O) groups excluding carboxylic acids is 1. The molecule has 136 valence electrons. The average Bonchev–Trinajstić information content (AvgIpc) is 2.77. The number of unbranched alkanes of at least 4 members (excludes halogenated alkanes) is 3. The van der Waals surface area contributed by atoms with E-state index < -0.39 is 9.84 Å². The van der Waals surface area contributed by atoms with Gasteiger partial charge in [0.1, 0.15) is 0 Å². The summed E-state index contributed by atoms with van der Waals surface area (Å²) in [5.74, 6) is 0.402. The van der Waals surface area contributed by atoms with E-state index in [1.54, 1.807) is 0 Å². The van der Waals surface area contributed by atoms with Crippen molar-refractivity contribution in [3.05, 3.63) is 0 Å². The molecule has 4 N–H and O–H groups in total. The van der Waals surface area contributed by atoms with Crippen molar-refractivity contribution in [2.24, 2.45) is 10.7 Å². The highest BCUT2D eigenvalue weighted by Crippen LogP contribution is 2.11. The van der Waals surface area contributed by atoms with Crippen LogP contribution in [0.5, 0.6) is 0 Å². The predicted octanol–water partition coefficient (Wildman–Crippen LogP) is 0.782. The molecule has 7 nitrogen and oxygen atoms in total. The van der Waals surface area contributed by atoms with Crippen molar-refractivity contribution >= 4 is 45.7 Å². The molecule has 0 aliphatic carbocycles. The fourth-order valence-corrected chi connectivity index (χ4v) is 3.98. The molecule has 1 amide bonds. The first-order valence-corrected chi connectivity index (χ1v) is 9.78.